The fourth-order valence-electron chi connectivity index (χ4n) is 1.28. The lowest BCUT2D eigenvalue weighted by Gasteiger charge is -2.09. The van der Waals surface area contributed by atoms with Crippen molar-refractivity contribution in [1.29, 1.82) is 0 Å². The summed E-state index contributed by atoms with van der Waals surface area (Å²) in [5.41, 5.74) is 0.698. The molecule has 16 heavy (non-hydrogen) atoms. The lowest BCUT2D eigenvalue weighted by molar-refractivity contribution is 0.276. The van der Waals surface area contributed by atoms with Gasteiger partial charge in [0.2, 0.25) is 5.88 Å². The first kappa shape index (κ1) is 10.9. The van der Waals surface area contributed by atoms with Crippen LogP contribution < -0.4 is 4.74 Å². The van der Waals surface area contributed by atoms with E-state index in [4.69, 9.17) is 21.4 Å². The lowest BCUT2D eigenvalue weighted by Crippen LogP contribution is -1.93. The van der Waals surface area contributed by atoms with Crippen molar-refractivity contribution in [2.45, 2.75) is 6.61 Å². The maximum Gasteiger partial charge on any atom is 0.238 e. The second-order valence-corrected chi connectivity index (χ2v) is 3.57. The highest BCUT2D eigenvalue weighted by Gasteiger charge is 2.06. The topological polar surface area (TPSA) is 42.4 Å². The molecule has 0 saturated heterocycles. The highest BCUT2D eigenvalue weighted by molar-refractivity contribution is 6.31. The Morgan fingerprint density at radius 3 is 2.75 bits per heavy atom. The Kier molecular flexibility index (Phi) is 3.39. The number of hydrogen-bond donors (Lipinski definition) is 1. The average molecular weight is 236 g/mol. The van der Waals surface area contributed by atoms with E-state index in [1.807, 2.05) is 12.1 Å². The maximum absolute atomic E-state index is 9.13. The van der Waals surface area contributed by atoms with Crippen molar-refractivity contribution in [3.8, 4) is 11.6 Å². The summed E-state index contributed by atoms with van der Waals surface area (Å²) in [6, 6.07) is 10.6. The quantitative estimate of drug-likeness (QED) is 0.889. The van der Waals surface area contributed by atoms with Crippen LogP contribution in [0.3, 0.4) is 0 Å². The molecule has 0 spiro atoms. The summed E-state index contributed by atoms with van der Waals surface area (Å²) in [5, 5.41) is 9.57. The van der Waals surface area contributed by atoms with Crippen molar-refractivity contribution in [3.63, 3.8) is 0 Å². The molecule has 1 heterocycles. The number of nitrogens with zero attached hydrogens (tertiary/aromatic N) is 1. The molecule has 1 aromatic heterocycles. The Hall–Kier alpha value is -1.58. The van der Waals surface area contributed by atoms with Gasteiger partial charge in [0.15, 0.2) is 0 Å². The minimum absolute atomic E-state index is 0.0827. The van der Waals surface area contributed by atoms with Gasteiger partial charge in [0.1, 0.15) is 10.8 Å². The molecule has 0 fully saturated rings. The number of aliphatic hydroxyl groups is 1. The van der Waals surface area contributed by atoms with Gasteiger partial charge in [-0.2, -0.15) is 0 Å². The molecule has 2 aromatic rings. The van der Waals surface area contributed by atoms with Crippen LogP contribution in [0.1, 0.15) is 5.56 Å². The smallest absolute Gasteiger partial charge is 0.238 e. The Bertz CT molecular complexity index is 488. The van der Waals surface area contributed by atoms with Gasteiger partial charge in [0.25, 0.3) is 0 Å². The molecule has 0 radical (unpaired) electrons. The number of benzene rings is 1. The van der Waals surface area contributed by atoms with Crippen molar-refractivity contribution in [1.82, 2.24) is 4.98 Å². The van der Waals surface area contributed by atoms with Crippen LogP contribution in [0.15, 0.2) is 42.6 Å². The maximum atomic E-state index is 9.13. The molecule has 0 atom stereocenters. The average Bonchev–Trinajstić information content (AvgIpc) is 2.33. The van der Waals surface area contributed by atoms with Gasteiger partial charge < -0.3 is 9.84 Å². The van der Waals surface area contributed by atoms with Crippen LogP contribution in [-0.2, 0) is 6.61 Å². The van der Waals surface area contributed by atoms with Crippen LogP contribution in [0.25, 0.3) is 0 Å². The number of aliphatic hydroxyl groups excluding tert-OH is 1. The van der Waals surface area contributed by atoms with Crippen molar-refractivity contribution in [2.75, 3.05) is 0 Å². The number of hydrogen-bond acceptors (Lipinski definition) is 3. The third kappa shape index (κ3) is 2.32. The van der Waals surface area contributed by atoms with E-state index in [-0.39, 0.29) is 6.61 Å². The number of pyridine rings is 1. The summed E-state index contributed by atoms with van der Waals surface area (Å²) in [6.45, 7) is -0.0827. The first-order valence-corrected chi connectivity index (χ1v) is 5.16. The number of rotatable bonds is 3. The highest BCUT2D eigenvalue weighted by atomic mass is 35.5. The molecule has 0 unspecified atom stereocenters. The summed E-state index contributed by atoms with van der Waals surface area (Å²) < 4.78 is 5.53. The van der Waals surface area contributed by atoms with Gasteiger partial charge in [-0.05, 0) is 18.2 Å². The zero-order chi connectivity index (χ0) is 11.4. The minimum Gasteiger partial charge on any atom is -0.437 e. The van der Waals surface area contributed by atoms with Crippen LogP contribution in [0.5, 0.6) is 11.6 Å². The van der Waals surface area contributed by atoms with Crippen LogP contribution in [0, 0.1) is 0 Å². The van der Waals surface area contributed by atoms with E-state index < -0.39 is 0 Å². The highest BCUT2D eigenvalue weighted by Crippen LogP contribution is 2.28. The Balaban J connectivity index is 2.30. The fourth-order valence-corrected chi connectivity index (χ4v) is 1.44. The van der Waals surface area contributed by atoms with Crippen LogP contribution in [0.4, 0.5) is 0 Å². The van der Waals surface area contributed by atoms with Crippen LogP contribution in [0.2, 0.25) is 5.02 Å². The molecule has 0 aliphatic carbocycles. The zero-order valence-electron chi connectivity index (χ0n) is 8.43. The normalized spacial score (nSPS) is 10.1. The largest absolute Gasteiger partial charge is 0.437 e. The molecule has 0 amide bonds. The van der Waals surface area contributed by atoms with E-state index in [1.54, 1.807) is 30.5 Å². The van der Waals surface area contributed by atoms with Gasteiger partial charge in [-0.25, -0.2) is 4.98 Å². The first-order chi connectivity index (χ1) is 7.81. The molecule has 1 aromatic carbocycles. The number of halogens is 1. The second-order valence-electron chi connectivity index (χ2n) is 3.16. The molecule has 0 bridgehead atoms. The summed E-state index contributed by atoms with van der Waals surface area (Å²) in [4.78, 5) is 4.01. The molecular weight excluding hydrogens is 226 g/mol. The van der Waals surface area contributed by atoms with Gasteiger partial charge in [-0.3, -0.25) is 0 Å². The third-order valence-electron chi connectivity index (χ3n) is 2.07. The summed E-state index contributed by atoms with van der Waals surface area (Å²) in [7, 11) is 0. The molecule has 3 nitrogen and oxygen atoms in total. The first-order valence-electron chi connectivity index (χ1n) is 4.78. The van der Waals surface area contributed by atoms with Crippen molar-refractivity contribution < 1.29 is 9.84 Å². The second kappa shape index (κ2) is 4.96. The Labute approximate surface area is 98.3 Å². The van der Waals surface area contributed by atoms with Gasteiger partial charge in [0, 0.05) is 11.8 Å². The molecule has 2 rings (SSSR count). The van der Waals surface area contributed by atoms with Crippen molar-refractivity contribution in [2.24, 2.45) is 0 Å². The number of para-hydroxylation sites is 1. The predicted molar refractivity (Wildman–Crippen MR) is 61.7 cm³/mol. The van der Waals surface area contributed by atoms with E-state index in [1.165, 1.54) is 0 Å². The summed E-state index contributed by atoms with van der Waals surface area (Å²) in [6.07, 6.45) is 1.60. The molecule has 0 aliphatic rings. The number of aromatic nitrogens is 1. The summed E-state index contributed by atoms with van der Waals surface area (Å²) >= 11 is 5.92. The Morgan fingerprint density at radius 1 is 1.19 bits per heavy atom. The minimum atomic E-state index is -0.0827. The fraction of sp³-hybridized carbons (Fsp3) is 0.0833. The van der Waals surface area contributed by atoms with Crippen LogP contribution >= 0.6 is 11.6 Å². The molecule has 4 heteroatoms. The standard InChI is InChI=1S/C12H10ClNO2/c13-10-5-3-7-14-12(10)16-11-6-2-1-4-9(11)8-15/h1-7,15H,8H2. The van der Waals surface area contributed by atoms with Crippen molar-refractivity contribution >= 4 is 11.6 Å². The van der Waals surface area contributed by atoms with E-state index in [2.05, 4.69) is 4.98 Å². The van der Waals surface area contributed by atoms with Crippen LogP contribution in [-0.4, -0.2) is 10.1 Å². The lowest BCUT2D eigenvalue weighted by atomic mass is 10.2. The monoisotopic (exact) mass is 235 g/mol. The Morgan fingerprint density at radius 2 is 2.00 bits per heavy atom. The van der Waals surface area contributed by atoms with Crippen molar-refractivity contribution in [3.05, 3.63) is 53.2 Å². The SMILES string of the molecule is OCc1ccccc1Oc1ncccc1Cl. The molecule has 0 saturated carbocycles. The van der Waals surface area contributed by atoms with Gasteiger partial charge in [0.05, 0.1) is 6.61 Å². The van der Waals surface area contributed by atoms with Gasteiger partial charge in [-0.1, -0.05) is 29.8 Å². The molecule has 0 aliphatic heterocycles. The predicted octanol–water partition coefficient (Wildman–Crippen LogP) is 3.02. The van der Waals surface area contributed by atoms with E-state index in [0.29, 0.717) is 22.2 Å². The number of ether oxygens (including phenoxy) is 1. The molecule has 82 valence electrons. The zero-order valence-corrected chi connectivity index (χ0v) is 9.19. The molecule has 1 N–H and O–H groups in total. The van der Waals surface area contributed by atoms with Gasteiger partial charge in [-0.15, -0.1) is 0 Å². The molecular formula is C12H10ClNO2. The van der Waals surface area contributed by atoms with E-state index >= 15 is 0 Å². The summed E-state index contributed by atoms with van der Waals surface area (Å²) in [5.74, 6) is 0.899. The third-order valence-corrected chi connectivity index (χ3v) is 2.36. The van der Waals surface area contributed by atoms with E-state index in [9.17, 15) is 0 Å². The van der Waals surface area contributed by atoms with Gasteiger partial charge >= 0.3 is 0 Å². The van der Waals surface area contributed by atoms with E-state index in [0.717, 1.165) is 0 Å².